The monoisotopic (exact) mass is 388 g/mol. The molecule has 6 nitrogen and oxygen atoms in total. The van der Waals surface area contributed by atoms with Gasteiger partial charge in [0, 0.05) is 17.3 Å². The first-order valence-electron chi connectivity index (χ1n) is 9.11. The number of carbonyl (C=O) groups is 1. The van der Waals surface area contributed by atoms with Crippen molar-refractivity contribution in [3.8, 4) is 23.0 Å². The molecular formula is C23H20N2O4. The molecule has 0 atom stereocenters. The number of methoxy groups -OCH3 is 1. The zero-order valence-electron chi connectivity index (χ0n) is 16.3. The van der Waals surface area contributed by atoms with E-state index >= 15 is 0 Å². The fourth-order valence-electron chi connectivity index (χ4n) is 3.23. The minimum Gasteiger partial charge on any atom is -0.507 e. The van der Waals surface area contributed by atoms with Gasteiger partial charge in [0.05, 0.1) is 12.7 Å². The number of nitrogens with zero attached hydrogens (tertiary/aromatic N) is 1. The molecule has 2 N–H and O–H groups in total. The molecular weight excluding hydrogens is 368 g/mol. The Kier molecular flexibility index (Phi) is 4.68. The average molecular weight is 388 g/mol. The van der Waals surface area contributed by atoms with Crippen LogP contribution in [0.2, 0.25) is 0 Å². The number of carbonyl (C=O) groups excluding carboxylic acids is 1. The van der Waals surface area contributed by atoms with Gasteiger partial charge in [-0.3, -0.25) is 4.79 Å². The summed E-state index contributed by atoms with van der Waals surface area (Å²) in [6.45, 7) is 3.96. The molecule has 29 heavy (non-hydrogen) atoms. The number of ether oxygens (including phenoxy) is 1. The zero-order chi connectivity index (χ0) is 20.5. The highest BCUT2D eigenvalue weighted by atomic mass is 16.5. The summed E-state index contributed by atoms with van der Waals surface area (Å²) in [7, 11) is 1.57. The maximum atomic E-state index is 12.4. The second-order valence-electron chi connectivity index (χ2n) is 6.86. The highest BCUT2D eigenvalue weighted by molar-refractivity contribution is 6.04. The number of oxazole rings is 1. The summed E-state index contributed by atoms with van der Waals surface area (Å²) in [5.74, 6) is 0.692. The van der Waals surface area contributed by atoms with E-state index < -0.39 is 0 Å². The smallest absolute Gasteiger partial charge is 0.255 e. The normalized spacial score (nSPS) is 10.9. The first-order chi connectivity index (χ1) is 13.9. The van der Waals surface area contributed by atoms with E-state index in [0.717, 1.165) is 16.6 Å². The van der Waals surface area contributed by atoms with Gasteiger partial charge in [0.15, 0.2) is 5.58 Å². The van der Waals surface area contributed by atoms with Gasteiger partial charge in [-0.05, 0) is 67.4 Å². The van der Waals surface area contributed by atoms with Crippen LogP contribution in [0.4, 0.5) is 5.69 Å². The highest BCUT2D eigenvalue weighted by Crippen LogP contribution is 2.34. The second kappa shape index (κ2) is 7.31. The van der Waals surface area contributed by atoms with Crippen LogP contribution in [0, 0.1) is 13.8 Å². The molecule has 0 saturated carbocycles. The Morgan fingerprint density at radius 3 is 2.52 bits per heavy atom. The summed E-state index contributed by atoms with van der Waals surface area (Å²) in [6, 6.07) is 15.6. The Hall–Kier alpha value is -3.80. The predicted octanol–water partition coefficient (Wildman–Crippen LogP) is 5.08. The number of anilines is 1. The minimum atomic E-state index is -0.284. The van der Waals surface area contributed by atoms with Crippen LogP contribution < -0.4 is 10.1 Å². The lowest BCUT2D eigenvalue weighted by atomic mass is 10.1. The number of fused-ring (bicyclic) bond motifs is 1. The number of aryl methyl sites for hydroxylation is 2. The first-order valence-corrected chi connectivity index (χ1v) is 9.11. The molecule has 0 bridgehead atoms. The summed E-state index contributed by atoms with van der Waals surface area (Å²) in [4.78, 5) is 16.9. The number of hydrogen-bond donors (Lipinski definition) is 2. The predicted molar refractivity (Wildman–Crippen MR) is 112 cm³/mol. The van der Waals surface area contributed by atoms with E-state index in [2.05, 4.69) is 10.3 Å². The van der Waals surface area contributed by atoms with Crippen LogP contribution in [0.15, 0.2) is 59.0 Å². The maximum Gasteiger partial charge on any atom is 0.255 e. The number of amides is 1. The Morgan fingerprint density at radius 2 is 1.83 bits per heavy atom. The molecule has 0 radical (unpaired) electrons. The third-order valence-electron chi connectivity index (χ3n) is 4.66. The van der Waals surface area contributed by atoms with Gasteiger partial charge in [0.1, 0.15) is 17.0 Å². The largest absolute Gasteiger partial charge is 0.507 e. The van der Waals surface area contributed by atoms with Crippen molar-refractivity contribution in [2.24, 2.45) is 0 Å². The lowest BCUT2D eigenvalue weighted by molar-refractivity contribution is 0.102. The maximum absolute atomic E-state index is 12.4. The molecule has 0 saturated heterocycles. The minimum absolute atomic E-state index is 0.0292. The molecule has 1 heterocycles. The average Bonchev–Trinajstić information content (AvgIpc) is 3.12. The van der Waals surface area contributed by atoms with E-state index in [1.54, 1.807) is 43.5 Å². The molecule has 0 spiro atoms. The third-order valence-corrected chi connectivity index (χ3v) is 4.66. The number of benzene rings is 3. The van der Waals surface area contributed by atoms with Crippen LogP contribution in [0.25, 0.3) is 22.6 Å². The van der Waals surface area contributed by atoms with Gasteiger partial charge >= 0.3 is 0 Å². The molecule has 4 rings (SSSR count). The Balaban J connectivity index is 1.59. The van der Waals surface area contributed by atoms with Crippen molar-refractivity contribution in [3.63, 3.8) is 0 Å². The Bertz CT molecular complexity index is 1210. The lowest BCUT2D eigenvalue weighted by Gasteiger charge is -2.08. The fourth-order valence-corrected chi connectivity index (χ4v) is 3.23. The molecule has 0 aliphatic heterocycles. The number of aromatic hydroxyl groups is 1. The standard InChI is InChI=1S/C23H20N2O4/c1-13-10-14(2)21-19(11-13)25-23(29-21)18-9-6-16(12-20(18)26)24-22(27)15-4-7-17(28-3)8-5-15/h4-12,26H,1-3H3,(H,24,27). The molecule has 6 heteroatoms. The SMILES string of the molecule is COc1ccc(C(=O)Nc2ccc(-c3nc4cc(C)cc(C)c4o3)c(O)c2)cc1. The van der Waals surface area contributed by atoms with Crippen LogP contribution in [0.1, 0.15) is 21.5 Å². The topological polar surface area (TPSA) is 84.6 Å². The summed E-state index contributed by atoms with van der Waals surface area (Å²) < 4.78 is 11.0. The zero-order valence-corrected chi connectivity index (χ0v) is 16.3. The Morgan fingerprint density at radius 1 is 1.07 bits per heavy atom. The molecule has 0 aliphatic rings. The summed E-state index contributed by atoms with van der Waals surface area (Å²) in [5.41, 5.74) is 4.93. The van der Waals surface area contributed by atoms with Crippen LogP contribution >= 0.6 is 0 Å². The van der Waals surface area contributed by atoms with E-state index in [9.17, 15) is 9.90 Å². The second-order valence-corrected chi connectivity index (χ2v) is 6.86. The molecule has 0 fully saturated rings. The van der Waals surface area contributed by atoms with Gasteiger partial charge in [-0.25, -0.2) is 4.98 Å². The summed E-state index contributed by atoms with van der Waals surface area (Å²) >= 11 is 0. The van der Waals surface area contributed by atoms with Crippen molar-refractivity contribution < 1.29 is 19.1 Å². The number of phenols is 1. The van der Waals surface area contributed by atoms with Crippen molar-refractivity contribution >= 4 is 22.7 Å². The molecule has 1 aromatic heterocycles. The Labute approximate surface area is 167 Å². The number of rotatable bonds is 4. The highest BCUT2D eigenvalue weighted by Gasteiger charge is 2.15. The number of nitrogens with one attached hydrogen (secondary N) is 1. The molecule has 0 unspecified atom stereocenters. The summed E-state index contributed by atoms with van der Waals surface area (Å²) in [5, 5.41) is 13.2. The van der Waals surface area contributed by atoms with E-state index in [-0.39, 0.29) is 11.7 Å². The first kappa shape index (κ1) is 18.6. The van der Waals surface area contributed by atoms with Crippen molar-refractivity contribution in [1.82, 2.24) is 4.98 Å². The van der Waals surface area contributed by atoms with E-state index in [4.69, 9.17) is 9.15 Å². The van der Waals surface area contributed by atoms with Crippen LogP contribution in [-0.4, -0.2) is 23.1 Å². The van der Waals surface area contributed by atoms with Crippen LogP contribution in [-0.2, 0) is 0 Å². The van der Waals surface area contributed by atoms with Crippen LogP contribution in [0.5, 0.6) is 11.5 Å². The van der Waals surface area contributed by atoms with E-state index in [1.807, 2.05) is 26.0 Å². The molecule has 146 valence electrons. The van der Waals surface area contributed by atoms with Crippen molar-refractivity contribution in [2.75, 3.05) is 12.4 Å². The van der Waals surface area contributed by atoms with Gasteiger partial charge < -0.3 is 19.6 Å². The number of aromatic nitrogens is 1. The van der Waals surface area contributed by atoms with E-state index in [0.29, 0.717) is 34.0 Å². The van der Waals surface area contributed by atoms with Crippen molar-refractivity contribution in [3.05, 3.63) is 71.3 Å². The van der Waals surface area contributed by atoms with E-state index in [1.165, 1.54) is 6.07 Å². The fraction of sp³-hybridized carbons (Fsp3) is 0.130. The van der Waals surface area contributed by atoms with Gasteiger partial charge in [-0.15, -0.1) is 0 Å². The van der Waals surface area contributed by atoms with Crippen LogP contribution in [0.3, 0.4) is 0 Å². The molecule has 3 aromatic carbocycles. The third kappa shape index (κ3) is 3.65. The summed E-state index contributed by atoms with van der Waals surface area (Å²) in [6.07, 6.45) is 0. The van der Waals surface area contributed by atoms with Gasteiger partial charge in [0.25, 0.3) is 5.91 Å². The van der Waals surface area contributed by atoms with Gasteiger partial charge in [-0.2, -0.15) is 0 Å². The number of phenolic OH excluding ortho intramolecular Hbond substituents is 1. The van der Waals surface area contributed by atoms with Crippen molar-refractivity contribution in [1.29, 1.82) is 0 Å². The lowest BCUT2D eigenvalue weighted by Crippen LogP contribution is -2.11. The van der Waals surface area contributed by atoms with Gasteiger partial charge in [0.2, 0.25) is 5.89 Å². The molecule has 1 amide bonds. The number of hydrogen-bond acceptors (Lipinski definition) is 5. The molecule has 4 aromatic rings. The quantitative estimate of drug-likeness (QED) is 0.509. The van der Waals surface area contributed by atoms with Crippen molar-refractivity contribution in [2.45, 2.75) is 13.8 Å². The molecule has 0 aliphatic carbocycles. The van der Waals surface area contributed by atoms with Gasteiger partial charge in [-0.1, -0.05) is 6.07 Å².